The van der Waals surface area contributed by atoms with Gasteiger partial charge in [-0.3, -0.25) is 0 Å². The topological polar surface area (TPSA) is 12.9 Å². The fourth-order valence-corrected chi connectivity index (χ4v) is 4.71. The Balaban J connectivity index is 2.21. The third-order valence-electron chi connectivity index (χ3n) is 3.28. The fourth-order valence-electron chi connectivity index (χ4n) is 2.31. The molecule has 1 aliphatic rings. The third-order valence-corrected chi connectivity index (χ3v) is 5.57. The summed E-state index contributed by atoms with van der Waals surface area (Å²) in [6, 6.07) is 6.85. The van der Waals surface area contributed by atoms with Crippen molar-refractivity contribution in [2.45, 2.75) is 18.2 Å². The first-order valence-electron chi connectivity index (χ1n) is 5.73. The van der Waals surface area contributed by atoms with Crippen molar-refractivity contribution in [1.82, 2.24) is 4.98 Å². The summed E-state index contributed by atoms with van der Waals surface area (Å²) >= 11 is 0.109. The fraction of sp³-hybridized carbons (Fsp3) is 0.214. The Kier molecular flexibility index (Phi) is 2.92. The number of fused-ring (bicyclic) bond motifs is 2. The van der Waals surface area contributed by atoms with Gasteiger partial charge in [0.2, 0.25) is 0 Å². The van der Waals surface area contributed by atoms with E-state index in [1.807, 2.05) is 19.1 Å². The van der Waals surface area contributed by atoms with E-state index in [-0.39, 0.29) is 20.9 Å². The summed E-state index contributed by atoms with van der Waals surface area (Å²) < 4.78 is 28.4. The van der Waals surface area contributed by atoms with Crippen molar-refractivity contribution in [1.29, 1.82) is 0 Å². The van der Waals surface area contributed by atoms with Gasteiger partial charge in [-0.2, -0.15) is 0 Å². The molecule has 0 amide bonds. The Hall–Kier alpha value is -1.25. The van der Waals surface area contributed by atoms with Crippen molar-refractivity contribution in [3.63, 3.8) is 0 Å². The van der Waals surface area contributed by atoms with Gasteiger partial charge < -0.3 is 0 Å². The van der Waals surface area contributed by atoms with Crippen LogP contribution in [0.4, 0.5) is 8.78 Å². The second-order valence-electron chi connectivity index (χ2n) is 4.33. The summed E-state index contributed by atoms with van der Waals surface area (Å²) in [6.07, 6.45) is 1.76. The van der Waals surface area contributed by atoms with Crippen LogP contribution in [0.5, 0.6) is 0 Å². The molecule has 0 aliphatic carbocycles. The van der Waals surface area contributed by atoms with Gasteiger partial charge in [-0.25, -0.2) is 0 Å². The van der Waals surface area contributed by atoms with Gasteiger partial charge in [0.05, 0.1) is 0 Å². The summed E-state index contributed by atoms with van der Waals surface area (Å²) in [7, 11) is 0. The van der Waals surface area contributed by atoms with Crippen molar-refractivity contribution in [3.8, 4) is 0 Å². The van der Waals surface area contributed by atoms with Gasteiger partial charge in [-0.15, -0.1) is 0 Å². The molecule has 3 rings (SSSR count). The molecule has 0 fully saturated rings. The molecule has 0 bridgehead atoms. The van der Waals surface area contributed by atoms with Crippen LogP contribution in [0.15, 0.2) is 30.5 Å². The second-order valence-corrected chi connectivity index (χ2v) is 6.46. The Morgan fingerprint density at radius 1 is 1.28 bits per heavy atom. The molecule has 2 heterocycles. The normalized spacial score (nSPS) is 17.8. The Bertz CT molecular complexity index is 613. The van der Waals surface area contributed by atoms with Crippen molar-refractivity contribution < 1.29 is 8.78 Å². The molecule has 1 atom stereocenters. The van der Waals surface area contributed by atoms with E-state index in [4.69, 9.17) is 0 Å². The number of halogens is 2. The van der Waals surface area contributed by atoms with Crippen LogP contribution in [-0.4, -0.2) is 19.9 Å². The number of benzene rings is 1. The molecule has 0 saturated heterocycles. The van der Waals surface area contributed by atoms with E-state index in [9.17, 15) is 8.78 Å². The van der Waals surface area contributed by atoms with Crippen LogP contribution in [0.1, 0.15) is 29.7 Å². The zero-order chi connectivity index (χ0) is 12.7. The SMILES string of the molecule is C[C@H]1c2ccc(F)c(F)c2C[Se]c2cccnc21. The van der Waals surface area contributed by atoms with Crippen LogP contribution in [-0.2, 0) is 5.32 Å². The average Bonchev–Trinajstić information content (AvgIpc) is 2.53. The van der Waals surface area contributed by atoms with E-state index in [1.165, 1.54) is 10.5 Å². The first kappa shape index (κ1) is 11.8. The summed E-state index contributed by atoms with van der Waals surface area (Å²) in [5, 5.41) is 0.592. The predicted octanol–water partition coefficient (Wildman–Crippen LogP) is 2.35. The average molecular weight is 310 g/mol. The molecule has 0 unspecified atom stereocenters. The van der Waals surface area contributed by atoms with Gasteiger partial charge in [0.1, 0.15) is 0 Å². The molecular formula is C14H11F2NSe. The van der Waals surface area contributed by atoms with Gasteiger partial charge in [-0.05, 0) is 0 Å². The molecular weight excluding hydrogens is 299 g/mol. The van der Waals surface area contributed by atoms with Crippen LogP contribution >= 0.6 is 0 Å². The van der Waals surface area contributed by atoms with Crippen LogP contribution in [0.2, 0.25) is 0 Å². The van der Waals surface area contributed by atoms with Crippen LogP contribution in [0.3, 0.4) is 0 Å². The summed E-state index contributed by atoms with van der Waals surface area (Å²) in [5.74, 6) is -1.42. The van der Waals surface area contributed by atoms with Crippen molar-refractivity contribution in [2.75, 3.05) is 0 Å². The second kappa shape index (κ2) is 4.45. The molecule has 1 aromatic heterocycles. The molecule has 1 aliphatic heterocycles. The minimum absolute atomic E-state index is 0.0238. The molecule has 18 heavy (non-hydrogen) atoms. The number of aromatic nitrogens is 1. The van der Waals surface area contributed by atoms with E-state index in [0.29, 0.717) is 10.9 Å². The zero-order valence-corrected chi connectivity index (χ0v) is 11.5. The number of rotatable bonds is 0. The minimum atomic E-state index is -0.754. The summed E-state index contributed by atoms with van der Waals surface area (Å²) in [6.45, 7) is 2.00. The molecule has 0 radical (unpaired) electrons. The number of nitrogens with zero attached hydrogens (tertiary/aromatic N) is 1. The molecule has 92 valence electrons. The maximum atomic E-state index is 13.9. The van der Waals surface area contributed by atoms with Gasteiger partial charge in [0.15, 0.2) is 0 Å². The molecule has 1 nitrogen and oxygen atoms in total. The third kappa shape index (κ3) is 1.76. The number of pyridine rings is 1. The zero-order valence-electron chi connectivity index (χ0n) is 9.78. The molecule has 4 heteroatoms. The van der Waals surface area contributed by atoms with E-state index in [2.05, 4.69) is 4.98 Å². The molecule has 0 spiro atoms. The predicted molar refractivity (Wildman–Crippen MR) is 67.2 cm³/mol. The van der Waals surface area contributed by atoms with Crippen LogP contribution < -0.4 is 4.46 Å². The number of hydrogen-bond donors (Lipinski definition) is 0. The maximum absolute atomic E-state index is 13.9. The van der Waals surface area contributed by atoms with Gasteiger partial charge >= 0.3 is 110 Å². The number of hydrogen-bond acceptors (Lipinski definition) is 1. The molecule has 0 N–H and O–H groups in total. The van der Waals surface area contributed by atoms with E-state index < -0.39 is 11.6 Å². The van der Waals surface area contributed by atoms with Gasteiger partial charge in [0.25, 0.3) is 0 Å². The Morgan fingerprint density at radius 3 is 2.94 bits per heavy atom. The first-order chi connectivity index (χ1) is 8.68. The molecule has 0 saturated carbocycles. The summed E-state index contributed by atoms with van der Waals surface area (Å²) in [4.78, 5) is 4.41. The van der Waals surface area contributed by atoms with E-state index in [1.54, 1.807) is 12.3 Å². The van der Waals surface area contributed by atoms with Crippen molar-refractivity contribution >= 4 is 19.4 Å². The Morgan fingerprint density at radius 2 is 2.11 bits per heavy atom. The van der Waals surface area contributed by atoms with Crippen LogP contribution in [0.25, 0.3) is 0 Å². The van der Waals surface area contributed by atoms with E-state index >= 15 is 0 Å². The standard InChI is InChI=1S/C14H11F2NSe/c1-8-9-4-5-11(15)13(16)10(9)7-18-12-3-2-6-17-14(8)12/h2-6,8H,7H2,1H3/t8-/m0/s1. The summed E-state index contributed by atoms with van der Waals surface area (Å²) in [5.41, 5.74) is 2.40. The van der Waals surface area contributed by atoms with Crippen LogP contribution in [0, 0.1) is 11.6 Å². The monoisotopic (exact) mass is 311 g/mol. The van der Waals surface area contributed by atoms with E-state index in [0.717, 1.165) is 11.3 Å². The van der Waals surface area contributed by atoms with Gasteiger partial charge in [-0.1, -0.05) is 0 Å². The van der Waals surface area contributed by atoms with Gasteiger partial charge in [0, 0.05) is 0 Å². The Labute approximate surface area is 110 Å². The first-order valence-corrected chi connectivity index (χ1v) is 7.79. The molecule has 2 aromatic rings. The quantitative estimate of drug-likeness (QED) is 0.681. The van der Waals surface area contributed by atoms with Crippen molar-refractivity contribution in [3.05, 3.63) is 58.9 Å². The van der Waals surface area contributed by atoms with Crippen molar-refractivity contribution in [2.24, 2.45) is 0 Å². The molecule has 1 aromatic carbocycles.